The number of hydrogen-bond donors (Lipinski definition) is 0. The third kappa shape index (κ3) is 3.88. The lowest BCUT2D eigenvalue weighted by molar-refractivity contribution is 0.317. The zero-order chi connectivity index (χ0) is 13.0. The first-order valence-corrected chi connectivity index (χ1v) is 10.4. The standard InChI is InChI=1S/C16H22OSi/c1-18(2,3)12-6-11-17-16-10-9-14-7-4-5-8-15(14)13-16/h4-5,7-10,13H,6,11-12H2,1-3H3. The quantitative estimate of drug-likeness (QED) is 0.545. The molecule has 96 valence electrons. The molecule has 18 heavy (non-hydrogen) atoms. The topological polar surface area (TPSA) is 9.23 Å². The van der Waals surface area contributed by atoms with Gasteiger partial charge in [-0.1, -0.05) is 56.0 Å². The molecule has 0 spiro atoms. The first-order chi connectivity index (χ1) is 8.54. The van der Waals surface area contributed by atoms with Gasteiger partial charge in [-0.05, 0) is 29.3 Å². The van der Waals surface area contributed by atoms with E-state index in [2.05, 4.69) is 62.1 Å². The Morgan fingerprint density at radius 1 is 0.944 bits per heavy atom. The third-order valence-electron chi connectivity index (χ3n) is 3.06. The summed E-state index contributed by atoms with van der Waals surface area (Å²) in [6.45, 7) is 8.05. The lowest BCUT2D eigenvalue weighted by atomic mass is 10.1. The summed E-state index contributed by atoms with van der Waals surface area (Å²) in [6.07, 6.45) is 1.17. The van der Waals surface area contributed by atoms with E-state index >= 15 is 0 Å². The summed E-state index contributed by atoms with van der Waals surface area (Å²) in [4.78, 5) is 0. The summed E-state index contributed by atoms with van der Waals surface area (Å²) < 4.78 is 5.83. The molecule has 0 saturated heterocycles. The van der Waals surface area contributed by atoms with Crippen LogP contribution < -0.4 is 4.74 Å². The molecule has 0 aliphatic rings. The first kappa shape index (κ1) is 13.2. The highest BCUT2D eigenvalue weighted by Gasteiger charge is 2.11. The van der Waals surface area contributed by atoms with Crippen LogP contribution in [0.1, 0.15) is 6.42 Å². The Hall–Kier alpha value is -1.28. The Morgan fingerprint density at radius 2 is 1.67 bits per heavy atom. The predicted molar refractivity (Wildman–Crippen MR) is 82.2 cm³/mol. The van der Waals surface area contributed by atoms with E-state index in [0.29, 0.717) is 0 Å². The highest BCUT2D eigenvalue weighted by Crippen LogP contribution is 2.21. The molecular weight excluding hydrogens is 236 g/mol. The van der Waals surface area contributed by atoms with Crippen molar-refractivity contribution in [3.63, 3.8) is 0 Å². The number of fused-ring (bicyclic) bond motifs is 1. The molecule has 0 aliphatic carbocycles. The summed E-state index contributed by atoms with van der Waals surface area (Å²) in [5, 5.41) is 2.52. The van der Waals surface area contributed by atoms with E-state index in [1.807, 2.05) is 0 Å². The maximum atomic E-state index is 5.83. The normalized spacial score (nSPS) is 11.7. The fourth-order valence-corrected chi connectivity index (χ4v) is 3.25. The zero-order valence-corrected chi connectivity index (χ0v) is 12.6. The highest BCUT2D eigenvalue weighted by atomic mass is 28.3. The lowest BCUT2D eigenvalue weighted by Gasteiger charge is -2.15. The fourth-order valence-electron chi connectivity index (χ4n) is 2.05. The van der Waals surface area contributed by atoms with E-state index in [-0.39, 0.29) is 0 Å². The van der Waals surface area contributed by atoms with Gasteiger partial charge in [-0.3, -0.25) is 0 Å². The Balaban J connectivity index is 1.92. The minimum Gasteiger partial charge on any atom is -0.494 e. The van der Waals surface area contributed by atoms with Crippen molar-refractivity contribution in [2.24, 2.45) is 0 Å². The van der Waals surface area contributed by atoms with Gasteiger partial charge in [-0.2, -0.15) is 0 Å². The maximum Gasteiger partial charge on any atom is 0.119 e. The van der Waals surface area contributed by atoms with Crippen molar-refractivity contribution in [3.8, 4) is 5.75 Å². The van der Waals surface area contributed by atoms with Crippen molar-refractivity contribution >= 4 is 18.8 Å². The van der Waals surface area contributed by atoms with Crippen LogP contribution in [0.4, 0.5) is 0 Å². The van der Waals surface area contributed by atoms with Gasteiger partial charge in [0.2, 0.25) is 0 Å². The van der Waals surface area contributed by atoms with Gasteiger partial charge in [0.1, 0.15) is 5.75 Å². The summed E-state index contributed by atoms with van der Waals surface area (Å²) in [7, 11) is -0.919. The second-order valence-corrected chi connectivity index (χ2v) is 11.6. The molecule has 0 aliphatic heterocycles. The molecule has 0 amide bonds. The van der Waals surface area contributed by atoms with Gasteiger partial charge in [-0.25, -0.2) is 0 Å². The average molecular weight is 258 g/mol. The van der Waals surface area contributed by atoms with E-state index in [4.69, 9.17) is 4.74 Å². The van der Waals surface area contributed by atoms with Gasteiger partial charge in [0.05, 0.1) is 6.61 Å². The van der Waals surface area contributed by atoms with E-state index in [9.17, 15) is 0 Å². The molecule has 0 heterocycles. The molecule has 0 atom stereocenters. The Bertz CT molecular complexity index is 514. The summed E-state index contributed by atoms with van der Waals surface area (Å²) >= 11 is 0. The van der Waals surface area contributed by atoms with Crippen LogP contribution in [0.25, 0.3) is 10.8 Å². The Labute approximate surface area is 111 Å². The van der Waals surface area contributed by atoms with Crippen molar-refractivity contribution in [2.45, 2.75) is 32.1 Å². The average Bonchev–Trinajstić information content (AvgIpc) is 2.33. The molecule has 1 nitrogen and oxygen atoms in total. The molecule has 2 rings (SSSR count). The van der Waals surface area contributed by atoms with E-state index in [1.165, 1.54) is 23.2 Å². The van der Waals surface area contributed by atoms with Crippen molar-refractivity contribution < 1.29 is 4.74 Å². The lowest BCUT2D eigenvalue weighted by Crippen LogP contribution is -2.19. The molecule has 0 radical (unpaired) electrons. The molecule has 2 aromatic rings. The minimum atomic E-state index is -0.919. The highest BCUT2D eigenvalue weighted by molar-refractivity contribution is 6.76. The van der Waals surface area contributed by atoms with Gasteiger partial charge < -0.3 is 4.74 Å². The minimum absolute atomic E-state index is 0.836. The zero-order valence-electron chi connectivity index (χ0n) is 11.6. The smallest absolute Gasteiger partial charge is 0.119 e. The van der Waals surface area contributed by atoms with Crippen molar-refractivity contribution in [2.75, 3.05) is 6.61 Å². The molecule has 2 heteroatoms. The molecule has 0 bridgehead atoms. The molecule has 0 saturated carbocycles. The number of ether oxygens (including phenoxy) is 1. The van der Waals surface area contributed by atoms with Crippen molar-refractivity contribution in [3.05, 3.63) is 42.5 Å². The second kappa shape index (κ2) is 5.57. The van der Waals surface area contributed by atoms with Gasteiger partial charge in [0.15, 0.2) is 0 Å². The Morgan fingerprint density at radius 3 is 2.39 bits per heavy atom. The number of benzene rings is 2. The number of rotatable bonds is 5. The van der Waals surface area contributed by atoms with Crippen LogP contribution in [0.15, 0.2) is 42.5 Å². The van der Waals surface area contributed by atoms with Crippen LogP contribution >= 0.6 is 0 Å². The van der Waals surface area contributed by atoms with Gasteiger partial charge in [0, 0.05) is 8.07 Å². The fraction of sp³-hybridized carbons (Fsp3) is 0.375. The summed E-state index contributed by atoms with van der Waals surface area (Å²) in [5.74, 6) is 0.990. The van der Waals surface area contributed by atoms with Crippen LogP contribution in [0.5, 0.6) is 5.75 Å². The molecule has 0 aromatic heterocycles. The molecular formula is C16H22OSi. The summed E-state index contributed by atoms with van der Waals surface area (Å²) in [5.41, 5.74) is 0. The van der Waals surface area contributed by atoms with Gasteiger partial charge in [0.25, 0.3) is 0 Å². The van der Waals surface area contributed by atoms with Gasteiger partial charge >= 0.3 is 0 Å². The Kier molecular flexibility index (Phi) is 4.07. The first-order valence-electron chi connectivity index (χ1n) is 6.66. The van der Waals surface area contributed by atoms with Crippen LogP contribution in [0.2, 0.25) is 25.7 Å². The predicted octanol–water partition coefficient (Wildman–Crippen LogP) is 4.95. The van der Waals surface area contributed by atoms with Crippen LogP contribution in [-0.4, -0.2) is 14.7 Å². The van der Waals surface area contributed by atoms with E-state index < -0.39 is 8.07 Å². The third-order valence-corrected chi connectivity index (χ3v) is 4.91. The van der Waals surface area contributed by atoms with Crippen LogP contribution in [0, 0.1) is 0 Å². The van der Waals surface area contributed by atoms with Crippen molar-refractivity contribution in [1.82, 2.24) is 0 Å². The monoisotopic (exact) mass is 258 g/mol. The van der Waals surface area contributed by atoms with Crippen LogP contribution in [0.3, 0.4) is 0 Å². The maximum absolute atomic E-state index is 5.83. The molecule has 0 N–H and O–H groups in total. The SMILES string of the molecule is C[Si](C)(C)CCCOc1ccc2ccccc2c1. The van der Waals surface area contributed by atoms with Crippen molar-refractivity contribution in [1.29, 1.82) is 0 Å². The second-order valence-electron chi connectivity index (χ2n) is 6.02. The van der Waals surface area contributed by atoms with Crippen LogP contribution in [-0.2, 0) is 0 Å². The molecule has 0 unspecified atom stereocenters. The number of hydrogen-bond acceptors (Lipinski definition) is 1. The molecule has 0 fully saturated rings. The summed E-state index contributed by atoms with van der Waals surface area (Å²) in [6, 6.07) is 16.0. The van der Waals surface area contributed by atoms with Gasteiger partial charge in [-0.15, -0.1) is 0 Å². The largest absolute Gasteiger partial charge is 0.494 e. The van der Waals surface area contributed by atoms with E-state index in [1.54, 1.807) is 0 Å². The van der Waals surface area contributed by atoms with E-state index in [0.717, 1.165) is 12.4 Å². The molecule has 2 aromatic carbocycles.